The molecule has 1 aliphatic heterocycles. The van der Waals surface area contributed by atoms with E-state index in [-0.39, 0.29) is 11.5 Å². The van der Waals surface area contributed by atoms with Crippen molar-refractivity contribution in [1.82, 2.24) is 9.88 Å². The number of carbonyl (C=O) groups excluding carboxylic acids is 1. The first-order valence-corrected chi connectivity index (χ1v) is 8.83. The maximum Gasteiger partial charge on any atom is 0.257 e. The van der Waals surface area contributed by atoms with Gasteiger partial charge in [0.25, 0.3) is 5.91 Å². The van der Waals surface area contributed by atoms with E-state index in [0.717, 1.165) is 28.3 Å². The van der Waals surface area contributed by atoms with Crippen molar-refractivity contribution in [2.75, 3.05) is 26.3 Å². The van der Waals surface area contributed by atoms with Crippen LogP contribution in [0.4, 0.5) is 4.39 Å². The molecular formula is C20H20FN3O3. The standard InChI is InChI=1S/C20H20FN3O3/c1-12-6-13(7-14-8-15(10-22)27-19(12)14)18-9-16(17(21)11-23-18)20(25)24-2-4-26-5-3-24/h6-9,11H,2-5,10,22H2,1H3. The summed E-state index contributed by atoms with van der Waals surface area (Å²) in [5.74, 6) is -0.270. The van der Waals surface area contributed by atoms with Gasteiger partial charge in [-0.3, -0.25) is 9.78 Å². The summed E-state index contributed by atoms with van der Waals surface area (Å²) < 4.78 is 25.3. The Bertz CT molecular complexity index is 1010. The highest BCUT2D eigenvalue weighted by atomic mass is 19.1. The molecule has 3 heterocycles. The normalized spacial score (nSPS) is 14.7. The van der Waals surface area contributed by atoms with Gasteiger partial charge in [-0.05, 0) is 36.8 Å². The average Bonchev–Trinajstić information content (AvgIpc) is 3.12. The number of carbonyl (C=O) groups is 1. The van der Waals surface area contributed by atoms with Crippen LogP contribution in [-0.2, 0) is 11.3 Å². The van der Waals surface area contributed by atoms with Crippen LogP contribution in [0.1, 0.15) is 21.7 Å². The number of aryl methyl sites for hydroxylation is 1. The molecule has 27 heavy (non-hydrogen) atoms. The minimum Gasteiger partial charge on any atom is -0.459 e. The molecule has 0 bridgehead atoms. The largest absolute Gasteiger partial charge is 0.459 e. The Balaban J connectivity index is 1.74. The third-order valence-electron chi connectivity index (χ3n) is 4.73. The van der Waals surface area contributed by atoms with Gasteiger partial charge in [0.05, 0.1) is 37.2 Å². The average molecular weight is 369 g/mol. The van der Waals surface area contributed by atoms with Crippen LogP contribution in [0.15, 0.2) is 34.9 Å². The fraction of sp³-hybridized carbons (Fsp3) is 0.300. The predicted octanol–water partition coefficient (Wildman–Crippen LogP) is 2.87. The molecule has 0 saturated carbocycles. The summed E-state index contributed by atoms with van der Waals surface area (Å²) >= 11 is 0. The molecule has 0 atom stereocenters. The number of ether oxygens (including phenoxy) is 1. The van der Waals surface area contributed by atoms with Crippen molar-refractivity contribution in [3.8, 4) is 11.3 Å². The van der Waals surface area contributed by atoms with E-state index in [4.69, 9.17) is 14.9 Å². The van der Waals surface area contributed by atoms with Crippen LogP contribution in [0.5, 0.6) is 0 Å². The third kappa shape index (κ3) is 3.31. The molecule has 4 rings (SSSR count). The minimum absolute atomic E-state index is 0.0227. The zero-order valence-corrected chi connectivity index (χ0v) is 15.0. The van der Waals surface area contributed by atoms with Crippen LogP contribution in [0.25, 0.3) is 22.2 Å². The van der Waals surface area contributed by atoms with Gasteiger partial charge in [-0.1, -0.05) is 0 Å². The van der Waals surface area contributed by atoms with Gasteiger partial charge in [0.2, 0.25) is 0 Å². The van der Waals surface area contributed by atoms with E-state index in [2.05, 4.69) is 4.98 Å². The second-order valence-electron chi connectivity index (χ2n) is 6.58. The molecule has 7 heteroatoms. The number of fused-ring (bicyclic) bond motifs is 1. The first kappa shape index (κ1) is 17.6. The quantitative estimate of drug-likeness (QED) is 0.768. The van der Waals surface area contributed by atoms with Crippen molar-refractivity contribution >= 4 is 16.9 Å². The van der Waals surface area contributed by atoms with E-state index in [9.17, 15) is 9.18 Å². The van der Waals surface area contributed by atoms with Gasteiger partial charge in [0, 0.05) is 24.0 Å². The maximum atomic E-state index is 14.3. The smallest absolute Gasteiger partial charge is 0.257 e. The highest BCUT2D eigenvalue weighted by Crippen LogP contribution is 2.29. The first-order valence-electron chi connectivity index (χ1n) is 8.83. The van der Waals surface area contributed by atoms with Gasteiger partial charge < -0.3 is 19.8 Å². The molecule has 140 valence electrons. The number of rotatable bonds is 3. The maximum absolute atomic E-state index is 14.3. The Kier molecular flexibility index (Phi) is 4.63. The lowest BCUT2D eigenvalue weighted by Gasteiger charge is -2.27. The van der Waals surface area contributed by atoms with Gasteiger partial charge >= 0.3 is 0 Å². The molecule has 2 aromatic heterocycles. The second kappa shape index (κ2) is 7.09. The summed E-state index contributed by atoms with van der Waals surface area (Å²) in [5.41, 5.74) is 8.70. The highest BCUT2D eigenvalue weighted by Gasteiger charge is 2.22. The van der Waals surface area contributed by atoms with Gasteiger partial charge in [0.15, 0.2) is 5.82 Å². The predicted molar refractivity (Wildman–Crippen MR) is 98.8 cm³/mol. The number of benzene rings is 1. The molecule has 1 saturated heterocycles. The Hall–Kier alpha value is -2.77. The van der Waals surface area contributed by atoms with Crippen molar-refractivity contribution in [2.45, 2.75) is 13.5 Å². The number of hydrogen-bond acceptors (Lipinski definition) is 5. The number of amides is 1. The molecule has 1 aromatic carbocycles. The zero-order valence-electron chi connectivity index (χ0n) is 15.0. The van der Waals surface area contributed by atoms with Crippen molar-refractivity contribution in [1.29, 1.82) is 0 Å². The number of pyridine rings is 1. The molecule has 0 aliphatic carbocycles. The molecule has 1 aliphatic rings. The van der Waals surface area contributed by atoms with Crippen LogP contribution in [-0.4, -0.2) is 42.1 Å². The third-order valence-corrected chi connectivity index (χ3v) is 4.73. The van der Waals surface area contributed by atoms with E-state index in [1.54, 1.807) is 4.90 Å². The molecule has 1 amide bonds. The van der Waals surface area contributed by atoms with Gasteiger partial charge in [-0.2, -0.15) is 0 Å². The van der Waals surface area contributed by atoms with E-state index in [1.807, 2.05) is 25.1 Å². The zero-order chi connectivity index (χ0) is 19.0. The minimum atomic E-state index is -0.623. The summed E-state index contributed by atoms with van der Waals surface area (Å²) in [6.45, 7) is 4.08. The molecule has 0 spiro atoms. The van der Waals surface area contributed by atoms with E-state index in [0.29, 0.717) is 44.3 Å². The first-order chi connectivity index (χ1) is 13.1. The van der Waals surface area contributed by atoms with Gasteiger partial charge in [-0.15, -0.1) is 0 Å². The lowest BCUT2D eigenvalue weighted by molar-refractivity contribution is 0.0300. The highest BCUT2D eigenvalue weighted by molar-refractivity contribution is 5.96. The van der Waals surface area contributed by atoms with Gasteiger partial charge in [-0.25, -0.2) is 4.39 Å². The fourth-order valence-corrected chi connectivity index (χ4v) is 3.33. The van der Waals surface area contributed by atoms with Crippen molar-refractivity contribution < 1.29 is 18.3 Å². The summed E-state index contributed by atoms with van der Waals surface area (Å²) in [6, 6.07) is 7.22. The van der Waals surface area contributed by atoms with E-state index in [1.165, 1.54) is 6.07 Å². The molecule has 6 nitrogen and oxygen atoms in total. The molecular weight excluding hydrogens is 349 g/mol. The Labute approximate surface area is 155 Å². The number of halogens is 1. The fourth-order valence-electron chi connectivity index (χ4n) is 3.33. The van der Waals surface area contributed by atoms with Crippen LogP contribution in [0.2, 0.25) is 0 Å². The molecule has 1 fully saturated rings. The number of nitrogens with zero attached hydrogens (tertiary/aromatic N) is 2. The molecule has 0 unspecified atom stereocenters. The monoisotopic (exact) mass is 369 g/mol. The number of furan rings is 1. The van der Waals surface area contributed by atoms with Crippen molar-refractivity contribution in [3.63, 3.8) is 0 Å². The van der Waals surface area contributed by atoms with Crippen molar-refractivity contribution in [2.24, 2.45) is 5.73 Å². The molecule has 2 N–H and O–H groups in total. The Morgan fingerprint density at radius 1 is 1.26 bits per heavy atom. The number of hydrogen-bond donors (Lipinski definition) is 1. The lowest BCUT2D eigenvalue weighted by atomic mass is 10.0. The number of aromatic nitrogens is 1. The Morgan fingerprint density at radius 2 is 2.04 bits per heavy atom. The van der Waals surface area contributed by atoms with Crippen LogP contribution in [0, 0.1) is 12.7 Å². The van der Waals surface area contributed by atoms with Crippen molar-refractivity contribution in [3.05, 3.63) is 53.2 Å². The lowest BCUT2D eigenvalue weighted by Crippen LogP contribution is -2.41. The summed E-state index contributed by atoms with van der Waals surface area (Å²) in [6.07, 6.45) is 1.10. The number of nitrogens with two attached hydrogens (primary N) is 1. The summed E-state index contributed by atoms with van der Waals surface area (Å²) in [4.78, 5) is 18.5. The Morgan fingerprint density at radius 3 is 2.78 bits per heavy atom. The summed E-state index contributed by atoms with van der Waals surface area (Å²) in [5, 5.41) is 0.901. The SMILES string of the molecule is Cc1cc(-c2cc(C(=O)N3CCOCC3)c(F)cn2)cc2cc(CN)oc12. The topological polar surface area (TPSA) is 81.6 Å². The molecule has 3 aromatic rings. The van der Waals surface area contributed by atoms with Crippen LogP contribution >= 0.6 is 0 Å². The summed E-state index contributed by atoms with van der Waals surface area (Å²) in [7, 11) is 0. The molecule has 0 radical (unpaired) electrons. The second-order valence-corrected chi connectivity index (χ2v) is 6.58. The van der Waals surface area contributed by atoms with E-state index >= 15 is 0 Å². The van der Waals surface area contributed by atoms with Crippen LogP contribution < -0.4 is 5.73 Å². The van der Waals surface area contributed by atoms with Crippen LogP contribution in [0.3, 0.4) is 0 Å². The number of morpholine rings is 1. The van der Waals surface area contributed by atoms with E-state index < -0.39 is 5.82 Å². The van der Waals surface area contributed by atoms with Gasteiger partial charge in [0.1, 0.15) is 11.3 Å².